The van der Waals surface area contributed by atoms with E-state index in [-0.39, 0.29) is 5.97 Å². The van der Waals surface area contributed by atoms with Crippen molar-refractivity contribution in [1.29, 1.82) is 0 Å². The van der Waals surface area contributed by atoms with Gasteiger partial charge in [0.1, 0.15) is 17.3 Å². The van der Waals surface area contributed by atoms with E-state index in [1.165, 1.54) is 0 Å². The zero-order valence-corrected chi connectivity index (χ0v) is 15.7. The number of allylic oxidation sites excluding steroid dienone is 1. The van der Waals surface area contributed by atoms with Crippen molar-refractivity contribution in [3.8, 4) is 5.75 Å². The van der Waals surface area contributed by atoms with Gasteiger partial charge in [0.2, 0.25) is 0 Å². The molecule has 0 bridgehead atoms. The number of methoxy groups -OCH3 is 1. The van der Waals surface area contributed by atoms with Crippen LogP contribution in [0.15, 0.2) is 39.8 Å². The van der Waals surface area contributed by atoms with Crippen LogP contribution < -0.4 is 4.74 Å². The standard InChI is InChI=1S/C18H22BrNO3/c1-17(2,3)23-16(21)15(18(4)9-6-10-20-18)13-11-12(22-5)7-8-14(13)19/h6-11,15H,1-5H3. The highest BCUT2D eigenvalue weighted by Crippen LogP contribution is 2.41. The molecule has 5 heteroatoms. The highest BCUT2D eigenvalue weighted by atomic mass is 79.9. The first-order chi connectivity index (χ1) is 10.7. The van der Waals surface area contributed by atoms with Crippen molar-refractivity contribution in [2.24, 2.45) is 4.99 Å². The fourth-order valence-corrected chi connectivity index (χ4v) is 3.04. The minimum Gasteiger partial charge on any atom is -0.497 e. The van der Waals surface area contributed by atoms with Gasteiger partial charge in [0, 0.05) is 10.7 Å². The Kier molecular flexibility index (Phi) is 4.99. The normalized spacial score (nSPS) is 21.3. The number of benzene rings is 1. The van der Waals surface area contributed by atoms with Crippen LogP contribution in [0.1, 0.15) is 39.2 Å². The van der Waals surface area contributed by atoms with Crippen molar-refractivity contribution in [2.75, 3.05) is 7.11 Å². The molecule has 1 aromatic rings. The molecular weight excluding hydrogens is 358 g/mol. The van der Waals surface area contributed by atoms with Crippen molar-refractivity contribution in [1.82, 2.24) is 0 Å². The molecule has 2 unspecified atom stereocenters. The molecule has 0 saturated carbocycles. The summed E-state index contributed by atoms with van der Waals surface area (Å²) in [5.74, 6) is -0.190. The van der Waals surface area contributed by atoms with Gasteiger partial charge >= 0.3 is 5.97 Å². The second-order valence-corrected chi connectivity index (χ2v) is 7.57. The van der Waals surface area contributed by atoms with Crippen molar-refractivity contribution >= 4 is 28.1 Å². The number of carbonyl (C=O) groups is 1. The molecular formula is C18H22BrNO3. The fourth-order valence-electron chi connectivity index (χ4n) is 2.57. The van der Waals surface area contributed by atoms with Crippen molar-refractivity contribution < 1.29 is 14.3 Å². The second kappa shape index (κ2) is 6.48. The smallest absolute Gasteiger partial charge is 0.316 e. The number of aliphatic imine (C=N–C) groups is 1. The van der Waals surface area contributed by atoms with Crippen molar-refractivity contribution in [2.45, 2.75) is 44.8 Å². The van der Waals surface area contributed by atoms with E-state index in [0.29, 0.717) is 5.75 Å². The average Bonchev–Trinajstić information content (AvgIpc) is 2.86. The topological polar surface area (TPSA) is 47.9 Å². The molecule has 0 spiro atoms. The van der Waals surface area contributed by atoms with Crippen LogP contribution in [0.2, 0.25) is 0 Å². The Morgan fingerprint density at radius 2 is 2.04 bits per heavy atom. The Morgan fingerprint density at radius 3 is 2.57 bits per heavy atom. The summed E-state index contributed by atoms with van der Waals surface area (Å²) in [6.45, 7) is 7.50. The van der Waals surface area contributed by atoms with E-state index >= 15 is 0 Å². The van der Waals surface area contributed by atoms with E-state index in [4.69, 9.17) is 9.47 Å². The highest BCUT2D eigenvalue weighted by Gasteiger charge is 2.42. The van der Waals surface area contributed by atoms with Gasteiger partial charge in [-0.2, -0.15) is 0 Å². The summed E-state index contributed by atoms with van der Waals surface area (Å²) in [6.07, 6.45) is 5.49. The number of ether oxygens (including phenoxy) is 2. The summed E-state index contributed by atoms with van der Waals surface area (Å²) in [5.41, 5.74) is -0.454. The molecule has 1 aliphatic rings. The molecule has 0 aliphatic carbocycles. The van der Waals surface area contributed by atoms with Crippen LogP contribution in [0.5, 0.6) is 5.75 Å². The van der Waals surface area contributed by atoms with Gasteiger partial charge in [-0.3, -0.25) is 9.79 Å². The maximum atomic E-state index is 12.9. The molecule has 0 radical (unpaired) electrons. The highest BCUT2D eigenvalue weighted by molar-refractivity contribution is 9.10. The van der Waals surface area contributed by atoms with E-state index < -0.39 is 17.1 Å². The molecule has 1 heterocycles. The predicted molar refractivity (Wildman–Crippen MR) is 95.3 cm³/mol. The molecule has 0 N–H and O–H groups in total. The summed E-state index contributed by atoms with van der Waals surface area (Å²) in [4.78, 5) is 17.4. The molecule has 2 atom stereocenters. The van der Waals surface area contributed by atoms with E-state index in [0.717, 1.165) is 10.0 Å². The number of nitrogens with zero attached hydrogens (tertiary/aromatic N) is 1. The predicted octanol–water partition coefficient (Wildman–Crippen LogP) is 4.28. The second-order valence-electron chi connectivity index (χ2n) is 6.72. The van der Waals surface area contributed by atoms with Gasteiger partial charge in [-0.1, -0.05) is 22.0 Å². The van der Waals surface area contributed by atoms with Gasteiger partial charge in [0.15, 0.2) is 0 Å². The van der Waals surface area contributed by atoms with Crippen LogP contribution in [-0.4, -0.2) is 30.4 Å². The molecule has 1 aromatic carbocycles. The lowest BCUT2D eigenvalue weighted by Gasteiger charge is -2.32. The van der Waals surface area contributed by atoms with Crippen molar-refractivity contribution in [3.63, 3.8) is 0 Å². The maximum absolute atomic E-state index is 12.9. The lowest BCUT2D eigenvalue weighted by atomic mass is 9.81. The quantitative estimate of drug-likeness (QED) is 0.733. The van der Waals surface area contributed by atoms with Gasteiger partial charge in [-0.15, -0.1) is 0 Å². The fraction of sp³-hybridized carbons (Fsp3) is 0.444. The Balaban J connectivity index is 2.52. The third-order valence-electron chi connectivity index (χ3n) is 3.61. The average molecular weight is 380 g/mol. The molecule has 124 valence electrons. The molecule has 1 aliphatic heterocycles. The van der Waals surface area contributed by atoms with Crippen LogP contribution in [0.25, 0.3) is 0 Å². The van der Waals surface area contributed by atoms with Gasteiger partial charge in [-0.25, -0.2) is 0 Å². The van der Waals surface area contributed by atoms with Gasteiger partial charge in [-0.05, 0) is 57.5 Å². The van der Waals surface area contributed by atoms with Gasteiger partial charge in [0.05, 0.1) is 12.6 Å². The van der Waals surface area contributed by atoms with E-state index in [2.05, 4.69) is 20.9 Å². The molecule has 0 amide bonds. The lowest BCUT2D eigenvalue weighted by Crippen LogP contribution is -2.38. The molecule has 2 rings (SSSR count). The number of esters is 1. The van der Waals surface area contributed by atoms with Crippen LogP contribution in [-0.2, 0) is 9.53 Å². The van der Waals surface area contributed by atoms with E-state index in [9.17, 15) is 4.79 Å². The van der Waals surface area contributed by atoms with Crippen LogP contribution >= 0.6 is 15.9 Å². The van der Waals surface area contributed by atoms with Gasteiger partial charge < -0.3 is 9.47 Å². The number of halogens is 1. The maximum Gasteiger partial charge on any atom is 0.316 e. The summed E-state index contributed by atoms with van der Waals surface area (Å²) in [7, 11) is 1.60. The third-order valence-corrected chi connectivity index (χ3v) is 4.34. The Bertz CT molecular complexity index is 647. The Labute approximate surface area is 145 Å². The molecule has 0 aromatic heterocycles. The Morgan fingerprint density at radius 1 is 1.35 bits per heavy atom. The minimum atomic E-state index is -0.683. The first-order valence-electron chi connectivity index (χ1n) is 7.45. The summed E-state index contributed by atoms with van der Waals surface area (Å²) >= 11 is 3.54. The zero-order chi connectivity index (χ0) is 17.3. The minimum absolute atomic E-state index is 0.308. The molecule has 4 nitrogen and oxygen atoms in total. The first kappa shape index (κ1) is 17.7. The summed E-state index contributed by atoms with van der Waals surface area (Å²) < 4.78 is 11.8. The first-order valence-corrected chi connectivity index (χ1v) is 8.25. The number of carbonyl (C=O) groups excluding carboxylic acids is 1. The lowest BCUT2D eigenvalue weighted by molar-refractivity contribution is -0.157. The van der Waals surface area contributed by atoms with Crippen LogP contribution in [0.4, 0.5) is 0 Å². The largest absolute Gasteiger partial charge is 0.497 e. The summed E-state index contributed by atoms with van der Waals surface area (Å²) in [6, 6.07) is 5.57. The number of rotatable bonds is 4. The van der Waals surface area contributed by atoms with Crippen molar-refractivity contribution in [3.05, 3.63) is 40.4 Å². The number of hydrogen-bond acceptors (Lipinski definition) is 4. The Hall–Kier alpha value is -1.62. The third kappa shape index (κ3) is 4.02. The number of hydrogen-bond donors (Lipinski definition) is 0. The van der Waals surface area contributed by atoms with Crippen LogP contribution in [0, 0.1) is 0 Å². The monoisotopic (exact) mass is 379 g/mol. The van der Waals surface area contributed by atoms with E-state index in [1.807, 2.05) is 58.0 Å². The zero-order valence-electron chi connectivity index (χ0n) is 14.1. The molecule has 0 fully saturated rings. The summed E-state index contributed by atoms with van der Waals surface area (Å²) in [5, 5.41) is 0. The van der Waals surface area contributed by atoms with E-state index in [1.54, 1.807) is 13.3 Å². The van der Waals surface area contributed by atoms with Crippen LogP contribution in [0.3, 0.4) is 0 Å². The van der Waals surface area contributed by atoms with Gasteiger partial charge in [0.25, 0.3) is 0 Å². The molecule has 23 heavy (non-hydrogen) atoms. The molecule has 0 saturated heterocycles. The SMILES string of the molecule is COc1ccc(Br)c(C(C(=O)OC(C)(C)C)C2(C)C=CC=N2)c1.